The highest BCUT2D eigenvalue weighted by atomic mass is 16.2. The molecule has 1 amide bonds. The summed E-state index contributed by atoms with van der Waals surface area (Å²) in [5.74, 6) is 0.0991. The number of aryl methyl sites for hydroxylation is 1. The van der Waals surface area contributed by atoms with Gasteiger partial charge in [-0.25, -0.2) is 0 Å². The van der Waals surface area contributed by atoms with Crippen LogP contribution in [0.1, 0.15) is 19.4 Å². The summed E-state index contributed by atoms with van der Waals surface area (Å²) < 4.78 is 0. The first kappa shape index (κ1) is 11.0. The Morgan fingerprint density at radius 2 is 2.00 bits per heavy atom. The van der Waals surface area contributed by atoms with E-state index in [1.807, 2.05) is 26.0 Å². The maximum absolute atomic E-state index is 11.9. The van der Waals surface area contributed by atoms with Crippen molar-refractivity contribution in [2.75, 3.05) is 18.0 Å². The van der Waals surface area contributed by atoms with E-state index < -0.39 is 5.54 Å². The first-order chi connectivity index (χ1) is 7.53. The van der Waals surface area contributed by atoms with Crippen LogP contribution in [0, 0.1) is 6.92 Å². The van der Waals surface area contributed by atoms with Gasteiger partial charge in [0.25, 0.3) is 0 Å². The van der Waals surface area contributed by atoms with Gasteiger partial charge in [0, 0.05) is 18.8 Å². The van der Waals surface area contributed by atoms with Crippen molar-refractivity contribution in [3.8, 4) is 0 Å². The minimum absolute atomic E-state index is 0.0991. The third-order valence-corrected chi connectivity index (χ3v) is 3.26. The molecule has 0 unspecified atom stereocenters. The Hall–Kier alpha value is -1.51. The molecule has 86 valence electrons. The van der Waals surface area contributed by atoms with Crippen LogP contribution in [0.2, 0.25) is 0 Å². The molecular weight excluding hydrogens is 200 g/mol. The van der Waals surface area contributed by atoms with E-state index in [2.05, 4.69) is 29.3 Å². The molecule has 0 saturated carbocycles. The summed E-state index contributed by atoms with van der Waals surface area (Å²) in [5, 5.41) is 2.91. The number of piperazine rings is 1. The minimum Gasteiger partial charge on any atom is -0.356 e. The molecule has 0 aromatic heterocycles. The fourth-order valence-electron chi connectivity index (χ4n) is 2.19. The van der Waals surface area contributed by atoms with Crippen molar-refractivity contribution < 1.29 is 4.79 Å². The Balaban J connectivity index is 2.40. The van der Waals surface area contributed by atoms with Gasteiger partial charge in [0.2, 0.25) is 5.91 Å². The molecule has 3 nitrogen and oxygen atoms in total. The predicted octanol–water partition coefficient (Wildman–Crippen LogP) is 1.71. The molecule has 1 N–H and O–H groups in total. The van der Waals surface area contributed by atoms with E-state index in [1.165, 1.54) is 5.56 Å². The molecule has 1 aliphatic rings. The van der Waals surface area contributed by atoms with Crippen LogP contribution in [-0.2, 0) is 4.79 Å². The predicted molar refractivity (Wildman–Crippen MR) is 65.6 cm³/mol. The summed E-state index contributed by atoms with van der Waals surface area (Å²) in [6, 6.07) is 8.20. The third-order valence-electron chi connectivity index (χ3n) is 3.26. The zero-order valence-corrected chi connectivity index (χ0v) is 10.1. The van der Waals surface area contributed by atoms with E-state index in [-0.39, 0.29) is 5.91 Å². The van der Waals surface area contributed by atoms with Gasteiger partial charge in [-0.05, 0) is 32.4 Å². The Bertz CT molecular complexity index is 412. The zero-order valence-electron chi connectivity index (χ0n) is 10.1. The SMILES string of the molecule is Cc1ccccc1N1CCNC(=O)C1(C)C. The average molecular weight is 218 g/mol. The van der Waals surface area contributed by atoms with E-state index in [1.54, 1.807) is 0 Å². The fourth-order valence-corrected chi connectivity index (χ4v) is 2.19. The standard InChI is InChI=1S/C13H18N2O/c1-10-6-4-5-7-11(10)15-9-8-14-12(16)13(15,2)3/h4-7H,8-9H2,1-3H3,(H,14,16). The third kappa shape index (κ3) is 1.66. The van der Waals surface area contributed by atoms with Crippen molar-refractivity contribution in [3.63, 3.8) is 0 Å². The Morgan fingerprint density at radius 1 is 1.31 bits per heavy atom. The lowest BCUT2D eigenvalue weighted by Crippen LogP contribution is -2.62. The highest BCUT2D eigenvalue weighted by Crippen LogP contribution is 2.28. The molecule has 2 rings (SSSR count). The lowest BCUT2D eigenvalue weighted by Gasteiger charge is -2.43. The van der Waals surface area contributed by atoms with Crippen molar-refractivity contribution in [1.29, 1.82) is 0 Å². The second kappa shape index (κ2) is 3.81. The van der Waals surface area contributed by atoms with Gasteiger partial charge in [0.05, 0.1) is 0 Å². The van der Waals surface area contributed by atoms with E-state index >= 15 is 0 Å². The first-order valence-electron chi connectivity index (χ1n) is 5.65. The molecule has 0 spiro atoms. The molecule has 1 heterocycles. The Labute approximate surface area is 96.5 Å². The quantitative estimate of drug-likeness (QED) is 0.778. The lowest BCUT2D eigenvalue weighted by molar-refractivity contribution is -0.126. The van der Waals surface area contributed by atoms with Gasteiger partial charge in [-0.1, -0.05) is 18.2 Å². The van der Waals surface area contributed by atoms with Crippen LogP contribution in [-0.4, -0.2) is 24.5 Å². The number of anilines is 1. The molecule has 0 bridgehead atoms. The number of carbonyl (C=O) groups is 1. The Morgan fingerprint density at radius 3 is 2.69 bits per heavy atom. The number of nitrogens with one attached hydrogen (secondary N) is 1. The molecule has 0 atom stereocenters. The van der Waals surface area contributed by atoms with E-state index in [0.29, 0.717) is 0 Å². The Kier molecular flexibility index (Phi) is 2.62. The molecule has 1 aromatic rings. The summed E-state index contributed by atoms with van der Waals surface area (Å²) in [7, 11) is 0. The summed E-state index contributed by atoms with van der Waals surface area (Å²) in [6.45, 7) is 7.60. The van der Waals surface area contributed by atoms with Crippen LogP contribution in [0.3, 0.4) is 0 Å². The molecule has 1 aromatic carbocycles. The molecule has 1 aliphatic heterocycles. The first-order valence-corrected chi connectivity index (χ1v) is 5.65. The topological polar surface area (TPSA) is 32.3 Å². The van der Waals surface area contributed by atoms with Crippen molar-refractivity contribution in [3.05, 3.63) is 29.8 Å². The fraction of sp³-hybridized carbons (Fsp3) is 0.462. The molecule has 3 heteroatoms. The summed E-state index contributed by atoms with van der Waals surface area (Å²) in [4.78, 5) is 14.0. The van der Waals surface area contributed by atoms with Gasteiger partial charge < -0.3 is 10.2 Å². The second-order valence-electron chi connectivity index (χ2n) is 4.75. The molecule has 1 saturated heterocycles. The summed E-state index contributed by atoms with van der Waals surface area (Å²) in [5.41, 5.74) is 1.90. The van der Waals surface area contributed by atoms with Crippen molar-refractivity contribution in [2.24, 2.45) is 0 Å². The largest absolute Gasteiger partial charge is 0.356 e. The highest BCUT2D eigenvalue weighted by Gasteiger charge is 2.37. The van der Waals surface area contributed by atoms with Gasteiger partial charge >= 0.3 is 0 Å². The van der Waals surface area contributed by atoms with Gasteiger partial charge in [-0.2, -0.15) is 0 Å². The minimum atomic E-state index is -0.468. The van der Waals surface area contributed by atoms with Crippen LogP contribution < -0.4 is 10.2 Å². The molecule has 0 aliphatic carbocycles. The second-order valence-corrected chi connectivity index (χ2v) is 4.75. The number of hydrogen-bond donors (Lipinski definition) is 1. The van der Waals surface area contributed by atoms with Gasteiger partial charge in [-0.15, -0.1) is 0 Å². The average Bonchev–Trinajstić information content (AvgIpc) is 2.24. The number of hydrogen-bond acceptors (Lipinski definition) is 2. The van der Waals surface area contributed by atoms with Crippen LogP contribution in [0.5, 0.6) is 0 Å². The number of benzene rings is 1. The van der Waals surface area contributed by atoms with Gasteiger partial charge in [0.1, 0.15) is 5.54 Å². The normalized spacial score (nSPS) is 19.4. The summed E-state index contributed by atoms with van der Waals surface area (Å²) in [6.07, 6.45) is 0. The van der Waals surface area contributed by atoms with Crippen LogP contribution in [0.15, 0.2) is 24.3 Å². The van der Waals surface area contributed by atoms with Crippen LogP contribution in [0.4, 0.5) is 5.69 Å². The lowest BCUT2D eigenvalue weighted by atomic mass is 9.97. The smallest absolute Gasteiger partial charge is 0.245 e. The number of nitrogens with zero attached hydrogens (tertiary/aromatic N) is 1. The van der Waals surface area contributed by atoms with Gasteiger partial charge in [-0.3, -0.25) is 4.79 Å². The van der Waals surface area contributed by atoms with E-state index in [9.17, 15) is 4.79 Å². The van der Waals surface area contributed by atoms with E-state index in [4.69, 9.17) is 0 Å². The van der Waals surface area contributed by atoms with Crippen LogP contribution >= 0.6 is 0 Å². The maximum atomic E-state index is 11.9. The highest BCUT2D eigenvalue weighted by molar-refractivity contribution is 5.90. The monoisotopic (exact) mass is 218 g/mol. The number of carbonyl (C=O) groups excluding carboxylic acids is 1. The van der Waals surface area contributed by atoms with Crippen molar-refractivity contribution in [2.45, 2.75) is 26.3 Å². The van der Waals surface area contributed by atoms with Crippen molar-refractivity contribution >= 4 is 11.6 Å². The number of amides is 1. The number of para-hydroxylation sites is 1. The van der Waals surface area contributed by atoms with Crippen molar-refractivity contribution in [1.82, 2.24) is 5.32 Å². The van der Waals surface area contributed by atoms with Gasteiger partial charge in [0.15, 0.2) is 0 Å². The van der Waals surface area contributed by atoms with E-state index in [0.717, 1.165) is 18.8 Å². The van der Waals surface area contributed by atoms with Crippen LogP contribution in [0.25, 0.3) is 0 Å². The molecule has 1 fully saturated rings. The molecule has 16 heavy (non-hydrogen) atoms. The molecule has 0 radical (unpaired) electrons. The molecular formula is C13H18N2O. The maximum Gasteiger partial charge on any atom is 0.245 e. The number of rotatable bonds is 1. The zero-order chi connectivity index (χ0) is 11.8. The summed E-state index contributed by atoms with van der Waals surface area (Å²) >= 11 is 0.